The number of piperazine rings is 1. The molecule has 0 aliphatic carbocycles. The van der Waals surface area contributed by atoms with Gasteiger partial charge in [-0.3, -0.25) is 9.69 Å². The molecule has 150 valence electrons. The van der Waals surface area contributed by atoms with Crippen LogP contribution in [0.3, 0.4) is 0 Å². The lowest BCUT2D eigenvalue weighted by Crippen LogP contribution is -2.54. The summed E-state index contributed by atoms with van der Waals surface area (Å²) in [5.41, 5.74) is 1.29. The molecule has 1 unspecified atom stereocenters. The number of hydrogen-bond donors (Lipinski definition) is 1. The van der Waals surface area contributed by atoms with Crippen LogP contribution in [0.25, 0.3) is 0 Å². The number of nitrogens with one attached hydrogen (secondary N) is 1. The van der Waals surface area contributed by atoms with Gasteiger partial charge in [0.25, 0.3) is 0 Å². The second kappa shape index (κ2) is 10.2. The van der Waals surface area contributed by atoms with E-state index in [-0.39, 0.29) is 36.3 Å². The number of hydrogen-bond acceptors (Lipinski definition) is 5. The Hall–Kier alpha value is -0.400. The number of aromatic nitrogens is 1. The minimum Gasteiger partial charge on any atom is -0.339 e. The molecule has 0 saturated carbocycles. The van der Waals surface area contributed by atoms with E-state index >= 15 is 0 Å². The van der Waals surface area contributed by atoms with Crippen molar-refractivity contribution in [1.82, 2.24) is 20.1 Å². The molecule has 1 amide bonds. The van der Waals surface area contributed by atoms with E-state index in [0.29, 0.717) is 5.91 Å². The minimum absolute atomic E-state index is 0. The number of carbonyl (C=O) groups is 1. The number of halogens is 2. The van der Waals surface area contributed by atoms with Gasteiger partial charge in [-0.05, 0) is 19.4 Å². The SMILES string of the molecule is CC(C)(C)c1nc(CN2CCN(C(=O)C3CCCCN3)CC2)cs1.Cl.Cl. The normalized spacial score (nSPS) is 21.7. The van der Waals surface area contributed by atoms with Crippen molar-refractivity contribution in [1.29, 1.82) is 0 Å². The van der Waals surface area contributed by atoms with E-state index in [1.165, 1.54) is 23.5 Å². The highest BCUT2D eigenvalue weighted by atomic mass is 35.5. The van der Waals surface area contributed by atoms with E-state index in [0.717, 1.165) is 45.7 Å². The van der Waals surface area contributed by atoms with Crippen LogP contribution in [0.2, 0.25) is 0 Å². The molecule has 0 aromatic carbocycles. The van der Waals surface area contributed by atoms with E-state index in [1.807, 2.05) is 4.90 Å². The van der Waals surface area contributed by atoms with Crippen molar-refractivity contribution in [2.45, 2.75) is 58.0 Å². The van der Waals surface area contributed by atoms with Gasteiger partial charge in [0.1, 0.15) is 0 Å². The molecule has 8 heteroatoms. The third kappa shape index (κ3) is 6.06. The molecule has 3 rings (SSSR count). The topological polar surface area (TPSA) is 48.5 Å². The summed E-state index contributed by atoms with van der Waals surface area (Å²) in [5, 5.41) is 6.76. The molecule has 2 aliphatic heterocycles. The van der Waals surface area contributed by atoms with Gasteiger partial charge in [-0.25, -0.2) is 4.98 Å². The molecule has 2 aliphatic rings. The average Bonchev–Trinajstić information content (AvgIpc) is 3.05. The number of amides is 1. The van der Waals surface area contributed by atoms with E-state index in [9.17, 15) is 4.79 Å². The van der Waals surface area contributed by atoms with Crippen LogP contribution in [-0.4, -0.2) is 59.5 Å². The summed E-state index contributed by atoms with van der Waals surface area (Å²) in [6, 6.07) is 0.0539. The van der Waals surface area contributed by atoms with Crippen molar-refractivity contribution in [2.75, 3.05) is 32.7 Å². The van der Waals surface area contributed by atoms with E-state index in [1.54, 1.807) is 11.3 Å². The maximum absolute atomic E-state index is 12.6. The first-order chi connectivity index (χ1) is 11.4. The highest BCUT2D eigenvalue weighted by Crippen LogP contribution is 2.26. The highest BCUT2D eigenvalue weighted by Gasteiger charge is 2.28. The van der Waals surface area contributed by atoms with Crippen LogP contribution in [0, 0.1) is 0 Å². The van der Waals surface area contributed by atoms with E-state index in [2.05, 4.69) is 36.4 Å². The van der Waals surface area contributed by atoms with Crippen molar-refractivity contribution < 1.29 is 4.79 Å². The highest BCUT2D eigenvalue weighted by molar-refractivity contribution is 7.09. The van der Waals surface area contributed by atoms with Crippen LogP contribution in [0.5, 0.6) is 0 Å². The predicted molar refractivity (Wildman–Crippen MR) is 113 cm³/mol. The standard InChI is InChI=1S/C18H30N4OS.2ClH/c1-18(2,3)17-20-14(13-24-17)12-21-8-10-22(11-9-21)16(23)15-6-4-5-7-19-15;;/h13,15,19H,4-12H2,1-3H3;2*1H. The molecule has 0 spiro atoms. The quantitative estimate of drug-likeness (QED) is 0.812. The first-order valence-corrected chi connectivity index (χ1v) is 10.0. The Labute approximate surface area is 173 Å². The lowest BCUT2D eigenvalue weighted by atomic mass is 9.98. The molecule has 2 saturated heterocycles. The summed E-state index contributed by atoms with van der Waals surface area (Å²) in [5.74, 6) is 0.304. The van der Waals surface area contributed by atoms with Crippen molar-refractivity contribution >= 4 is 42.1 Å². The minimum atomic E-state index is 0. The van der Waals surface area contributed by atoms with Crippen LogP contribution >= 0.6 is 36.2 Å². The van der Waals surface area contributed by atoms with Gasteiger partial charge >= 0.3 is 0 Å². The number of piperidine rings is 1. The molecular formula is C18H32Cl2N4OS. The zero-order valence-electron chi connectivity index (χ0n) is 16.0. The summed E-state index contributed by atoms with van der Waals surface area (Å²) in [6.45, 7) is 12.1. The molecule has 2 fully saturated rings. The fraction of sp³-hybridized carbons (Fsp3) is 0.778. The van der Waals surface area contributed by atoms with Crippen LogP contribution in [-0.2, 0) is 16.8 Å². The second-order valence-electron chi connectivity index (χ2n) is 8.00. The van der Waals surface area contributed by atoms with Crippen molar-refractivity contribution in [3.63, 3.8) is 0 Å². The molecule has 5 nitrogen and oxygen atoms in total. The Morgan fingerprint density at radius 3 is 2.46 bits per heavy atom. The third-order valence-corrected chi connectivity index (χ3v) is 6.19. The summed E-state index contributed by atoms with van der Waals surface area (Å²) in [7, 11) is 0. The zero-order chi connectivity index (χ0) is 17.2. The van der Waals surface area contributed by atoms with E-state index < -0.39 is 0 Å². The molecule has 26 heavy (non-hydrogen) atoms. The maximum Gasteiger partial charge on any atom is 0.239 e. The predicted octanol–water partition coefficient (Wildman–Crippen LogP) is 3.07. The van der Waals surface area contributed by atoms with Gasteiger partial charge in [0.05, 0.1) is 16.7 Å². The molecule has 3 heterocycles. The Morgan fingerprint density at radius 2 is 1.92 bits per heavy atom. The molecular weight excluding hydrogens is 391 g/mol. The fourth-order valence-electron chi connectivity index (χ4n) is 3.36. The maximum atomic E-state index is 12.6. The largest absolute Gasteiger partial charge is 0.339 e. The monoisotopic (exact) mass is 422 g/mol. The van der Waals surface area contributed by atoms with Gasteiger partial charge in [-0.1, -0.05) is 27.2 Å². The average molecular weight is 423 g/mol. The third-order valence-electron chi connectivity index (χ3n) is 4.87. The summed E-state index contributed by atoms with van der Waals surface area (Å²) < 4.78 is 0. The van der Waals surface area contributed by atoms with Gasteiger partial charge in [0.2, 0.25) is 5.91 Å². The van der Waals surface area contributed by atoms with Crippen molar-refractivity contribution in [3.05, 3.63) is 16.1 Å². The Morgan fingerprint density at radius 1 is 1.23 bits per heavy atom. The molecule has 1 atom stereocenters. The second-order valence-corrected chi connectivity index (χ2v) is 8.86. The smallest absolute Gasteiger partial charge is 0.239 e. The van der Waals surface area contributed by atoms with Crippen LogP contribution in [0.1, 0.15) is 50.7 Å². The summed E-state index contributed by atoms with van der Waals surface area (Å²) in [6.07, 6.45) is 3.36. The van der Waals surface area contributed by atoms with Gasteiger partial charge in [0.15, 0.2) is 0 Å². The Bertz CT molecular complexity index is 562. The van der Waals surface area contributed by atoms with Gasteiger partial charge in [-0.2, -0.15) is 0 Å². The zero-order valence-corrected chi connectivity index (χ0v) is 18.4. The van der Waals surface area contributed by atoms with Crippen LogP contribution < -0.4 is 5.32 Å². The van der Waals surface area contributed by atoms with Crippen LogP contribution in [0.4, 0.5) is 0 Å². The first kappa shape index (κ1) is 23.6. The van der Waals surface area contributed by atoms with Gasteiger partial charge < -0.3 is 10.2 Å². The summed E-state index contributed by atoms with van der Waals surface area (Å²) >= 11 is 1.76. The lowest BCUT2D eigenvalue weighted by molar-refractivity contribution is -0.135. The number of nitrogens with zero attached hydrogens (tertiary/aromatic N) is 3. The molecule has 0 bridgehead atoms. The number of thiazole rings is 1. The summed E-state index contributed by atoms with van der Waals surface area (Å²) in [4.78, 5) is 21.8. The number of carbonyl (C=O) groups excluding carboxylic acids is 1. The van der Waals surface area contributed by atoms with Crippen molar-refractivity contribution in [3.8, 4) is 0 Å². The lowest BCUT2D eigenvalue weighted by Gasteiger charge is -2.37. The first-order valence-electron chi connectivity index (χ1n) is 9.13. The fourth-order valence-corrected chi connectivity index (χ4v) is 4.26. The Balaban J connectivity index is 0.00000169. The molecule has 1 aromatic rings. The molecule has 0 radical (unpaired) electrons. The Kier molecular flexibility index (Phi) is 9.30. The number of rotatable bonds is 3. The molecule has 1 N–H and O–H groups in total. The van der Waals surface area contributed by atoms with Crippen molar-refractivity contribution in [2.24, 2.45) is 0 Å². The molecule has 1 aromatic heterocycles. The van der Waals surface area contributed by atoms with Gasteiger partial charge in [0, 0.05) is 43.5 Å². The van der Waals surface area contributed by atoms with Gasteiger partial charge in [-0.15, -0.1) is 36.2 Å². The van der Waals surface area contributed by atoms with E-state index in [4.69, 9.17) is 4.98 Å². The van der Waals surface area contributed by atoms with Crippen LogP contribution in [0.15, 0.2) is 5.38 Å².